The predicted molar refractivity (Wildman–Crippen MR) is 165 cm³/mol. The molecule has 2 bridgehead atoms. The molecule has 2 atom stereocenters. The van der Waals surface area contributed by atoms with Gasteiger partial charge in [0.25, 0.3) is 11.1 Å². The molecule has 1 aromatic heterocycles. The largest absolute Gasteiger partial charge is 0.465 e. The molecule has 0 saturated carbocycles. The number of thioether (sulfide) groups is 1. The molecule has 3 saturated heterocycles. The number of imide groups is 1. The van der Waals surface area contributed by atoms with E-state index in [4.69, 9.17) is 11.6 Å². The number of carbonyl (C=O) groups is 3. The van der Waals surface area contributed by atoms with Crippen LogP contribution in [0.25, 0.3) is 17.0 Å². The molecule has 9 nitrogen and oxygen atoms in total. The normalized spacial score (nSPS) is 23.1. The number of likely N-dealkylation sites (tertiary alicyclic amines) is 2. The summed E-state index contributed by atoms with van der Waals surface area (Å²) >= 11 is 6.67. The molecule has 0 aliphatic carbocycles. The maximum Gasteiger partial charge on any atom is 0.416 e. The molecule has 6 rings (SSSR count). The number of hydrogen-bond acceptors (Lipinski definition) is 6. The fraction of sp³-hybridized carbons (Fsp3) is 0.419. The summed E-state index contributed by atoms with van der Waals surface area (Å²) in [5.74, 6) is -0.0627. The lowest BCUT2D eigenvalue weighted by Crippen LogP contribution is -2.57. The third-order valence-electron chi connectivity index (χ3n) is 8.76. The fourth-order valence-corrected chi connectivity index (χ4v) is 8.02. The van der Waals surface area contributed by atoms with E-state index >= 15 is 0 Å². The summed E-state index contributed by atoms with van der Waals surface area (Å²) in [4.78, 5) is 43.2. The predicted octanol–water partition coefficient (Wildman–Crippen LogP) is 6.65. The van der Waals surface area contributed by atoms with Crippen LogP contribution >= 0.6 is 23.4 Å². The van der Waals surface area contributed by atoms with Gasteiger partial charge in [0.1, 0.15) is 0 Å². The number of alkyl halides is 3. The Labute approximate surface area is 266 Å². The standard InChI is InChI=1S/C31H31ClF3N5O4S/c1-18(2)12-30-13-23(16-39(30)28(42)43)37(17-30)7-8-38-27(41)26(45-29(38)44)10-19-3-6-25-21(9-19)14-36-40(25)15-20-4-5-22(32)11-24(20)31(33,34)35/h3-6,9-11,14,18,23H,7-8,12-13,15-17H2,1-2H3,(H,42,43)/t23-,30-/m0/s1. The van der Waals surface area contributed by atoms with E-state index in [1.165, 1.54) is 21.7 Å². The first-order chi connectivity index (χ1) is 21.2. The average Bonchev–Trinajstić information content (AvgIpc) is 3.68. The van der Waals surface area contributed by atoms with E-state index in [1.54, 1.807) is 35.4 Å². The Morgan fingerprint density at radius 3 is 2.69 bits per heavy atom. The number of rotatable bonds is 8. The first-order valence-corrected chi connectivity index (χ1v) is 15.7. The van der Waals surface area contributed by atoms with Crippen molar-refractivity contribution in [2.24, 2.45) is 5.92 Å². The molecule has 3 aromatic rings. The summed E-state index contributed by atoms with van der Waals surface area (Å²) in [6.07, 6.45) is -0.787. The molecule has 45 heavy (non-hydrogen) atoms. The molecule has 1 N–H and O–H groups in total. The van der Waals surface area contributed by atoms with Crippen LogP contribution in [-0.2, 0) is 17.5 Å². The molecule has 3 fully saturated rings. The lowest BCUT2D eigenvalue weighted by atomic mass is 9.88. The zero-order valence-corrected chi connectivity index (χ0v) is 26.1. The molecule has 0 spiro atoms. The Hall–Kier alpha value is -3.55. The van der Waals surface area contributed by atoms with E-state index in [-0.39, 0.29) is 39.9 Å². The van der Waals surface area contributed by atoms with Crippen molar-refractivity contribution in [3.63, 3.8) is 0 Å². The minimum Gasteiger partial charge on any atom is -0.465 e. The van der Waals surface area contributed by atoms with Crippen LogP contribution in [0, 0.1) is 5.92 Å². The van der Waals surface area contributed by atoms with Crippen molar-refractivity contribution in [1.82, 2.24) is 24.5 Å². The minimum atomic E-state index is -4.56. The summed E-state index contributed by atoms with van der Waals surface area (Å²) in [6.45, 7) is 5.73. The van der Waals surface area contributed by atoms with Gasteiger partial charge in [-0.1, -0.05) is 37.6 Å². The van der Waals surface area contributed by atoms with E-state index in [2.05, 4.69) is 23.8 Å². The molecule has 4 heterocycles. The first-order valence-electron chi connectivity index (χ1n) is 14.6. The van der Waals surface area contributed by atoms with Crippen LogP contribution in [0.2, 0.25) is 5.02 Å². The summed E-state index contributed by atoms with van der Waals surface area (Å²) in [5, 5.41) is 14.3. The van der Waals surface area contributed by atoms with Crippen LogP contribution in [0.3, 0.4) is 0 Å². The zero-order chi connectivity index (χ0) is 32.3. The van der Waals surface area contributed by atoms with E-state index in [0.717, 1.165) is 30.7 Å². The average molecular weight is 662 g/mol. The molecular formula is C31H31ClF3N5O4S. The van der Waals surface area contributed by atoms with Crippen molar-refractivity contribution in [3.05, 3.63) is 69.2 Å². The van der Waals surface area contributed by atoms with Crippen molar-refractivity contribution in [1.29, 1.82) is 0 Å². The van der Waals surface area contributed by atoms with Gasteiger partial charge in [0.05, 0.1) is 34.3 Å². The van der Waals surface area contributed by atoms with Gasteiger partial charge in [0.15, 0.2) is 0 Å². The Bertz CT molecular complexity index is 1730. The third kappa shape index (κ3) is 6.05. The van der Waals surface area contributed by atoms with E-state index in [9.17, 15) is 32.7 Å². The lowest BCUT2D eigenvalue weighted by Gasteiger charge is -2.41. The molecular weight excluding hydrogens is 631 g/mol. The minimum absolute atomic E-state index is 0.00406. The number of carboxylic acid groups (broad SMARTS) is 1. The van der Waals surface area contributed by atoms with Gasteiger partial charge in [-0.05, 0) is 72.0 Å². The number of amides is 3. The number of aromatic nitrogens is 2. The van der Waals surface area contributed by atoms with Crippen molar-refractivity contribution < 1.29 is 32.7 Å². The molecule has 238 valence electrons. The quantitative estimate of drug-likeness (QED) is 0.270. The van der Waals surface area contributed by atoms with Crippen molar-refractivity contribution >= 4 is 57.6 Å². The second kappa shape index (κ2) is 11.7. The van der Waals surface area contributed by atoms with Gasteiger partial charge >= 0.3 is 12.3 Å². The summed E-state index contributed by atoms with van der Waals surface area (Å²) < 4.78 is 42.2. The summed E-state index contributed by atoms with van der Waals surface area (Å²) in [7, 11) is 0. The maximum atomic E-state index is 13.6. The lowest BCUT2D eigenvalue weighted by molar-refractivity contribution is -0.138. The monoisotopic (exact) mass is 661 g/mol. The van der Waals surface area contributed by atoms with Crippen LogP contribution in [0.1, 0.15) is 43.4 Å². The van der Waals surface area contributed by atoms with Crippen LogP contribution in [0.15, 0.2) is 47.5 Å². The zero-order valence-electron chi connectivity index (χ0n) is 24.6. The maximum absolute atomic E-state index is 13.6. The highest BCUT2D eigenvalue weighted by Gasteiger charge is 2.56. The van der Waals surface area contributed by atoms with E-state index in [1.807, 2.05) is 0 Å². The van der Waals surface area contributed by atoms with Gasteiger partial charge < -0.3 is 5.11 Å². The Kier molecular flexibility index (Phi) is 8.15. The SMILES string of the molecule is CC(C)C[C@@]12C[C@@H](CN1C(=O)O)N(CCN1C(=O)SC(=Cc3ccc4c(cnn4Cc4ccc(Cl)cc4C(F)(F)F)c3)C1=O)C2. The summed E-state index contributed by atoms with van der Waals surface area (Å²) in [5.41, 5.74) is 0.0354. The van der Waals surface area contributed by atoms with Gasteiger partial charge in [-0.15, -0.1) is 0 Å². The number of benzene rings is 2. The number of hydrogen-bond donors (Lipinski definition) is 1. The molecule has 3 amide bonds. The molecule has 0 unspecified atom stereocenters. The molecule has 3 aliphatic heterocycles. The fourth-order valence-electron chi connectivity index (χ4n) is 6.99. The van der Waals surface area contributed by atoms with E-state index in [0.29, 0.717) is 42.0 Å². The van der Waals surface area contributed by atoms with Crippen LogP contribution in [0.5, 0.6) is 0 Å². The van der Waals surface area contributed by atoms with Crippen LogP contribution in [-0.4, -0.2) is 84.6 Å². The molecule has 14 heteroatoms. The van der Waals surface area contributed by atoms with Crippen molar-refractivity contribution in [2.75, 3.05) is 26.2 Å². The highest BCUT2D eigenvalue weighted by molar-refractivity contribution is 8.18. The Morgan fingerprint density at radius 1 is 1.20 bits per heavy atom. The smallest absolute Gasteiger partial charge is 0.416 e. The first kappa shape index (κ1) is 31.4. The highest BCUT2D eigenvalue weighted by Crippen LogP contribution is 2.44. The molecule has 2 aromatic carbocycles. The number of halogens is 4. The van der Waals surface area contributed by atoms with E-state index < -0.39 is 29.3 Å². The second-order valence-electron chi connectivity index (χ2n) is 12.3. The third-order valence-corrected chi connectivity index (χ3v) is 9.90. The Morgan fingerprint density at radius 2 is 1.98 bits per heavy atom. The number of piperazine rings is 1. The highest BCUT2D eigenvalue weighted by atomic mass is 35.5. The van der Waals surface area contributed by atoms with Gasteiger partial charge in [-0.25, -0.2) is 4.79 Å². The molecule has 3 aliphatic rings. The van der Waals surface area contributed by atoms with Crippen LogP contribution < -0.4 is 0 Å². The summed E-state index contributed by atoms with van der Waals surface area (Å²) in [6, 6.07) is 8.92. The van der Waals surface area contributed by atoms with Crippen molar-refractivity contribution in [3.8, 4) is 0 Å². The number of nitrogens with zero attached hydrogens (tertiary/aromatic N) is 5. The van der Waals surface area contributed by atoms with Crippen LogP contribution in [0.4, 0.5) is 22.8 Å². The molecule has 0 radical (unpaired) electrons. The topological polar surface area (TPSA) is 99.0 Å². The van der Waals surface area contributed by atoms with Gasteiger partial charge in [0, 0.05) is 42.6 Å². The van der Waals surface area contributed by atoms with Gasteiger partial charge in [0.2, 0.25) is 0 Å². The van der Waals surface area contributed by atoms with Gasteiger partial charge in [-0.2, -0.15) is 18.3 Å². The number of carbonyl (C=O) groups excluding carboxylic acids is 2. The van der Waals surface area contributed by atoms with Crippen molar-refractivity contribution in [2.45, 2.75) is 51.0 Å². The number of fused-ring (bicyclic) bond motifs is 3. The Balaban J connectivity index is 1.13. The second-order valence-corrected chi connectivity index (χ2v) is 13.7. The van der Waals surface area contributed by atoms with Gasteiger partial charge in [-0.3, -0.25) is 29.0 Å².